The van der Waals surface area contributed by atoms with Gasteiger partial charge in [-0.2, -0.15) is 0 Å². The Morgan fingerprint density at radius 3 is 2.00 bits per heavy atom. The van der Waals surface area contributed by atoms with Crippen molar-refractivity contribution < 1.29 is 28.6 Å². The van der Waals surface area contributed by atoms with Gasteiger partial charge < -0.3 is 19.5 Å². The first kappa shape index (κ1) is 21.3. The molecule has 0 aliphatic carbocycles. The second-order valence-electron chi connectivity index (χ2n) is 5.55. The predicted octanol–water partition coefficient (Wildman–Crippen LogP) is 2.55. The lowest BCUT2D eigenvalue weighted by atomic mass is 10.1. The van der Waals surface area contributed by atoms with E-state index >= 15 is 0 Å². The zero-order chi connectivity index (χ0) is 20.5. The van der Waals surface area contributed by atoms with Gasteiger partial charge in [0.1, 0.15) is 17.5 Å². The number of thioether (sulfide) groups is 1. The van der Waals surface area contributed by atoms with E-state index in [2.05, 4.69) is 5.32 Å². The van der Waals surface area contributed by atoms with Crippen LogP contribution in [0.5, 0.6) is 11.5 Å². The van der Waals surface area contributed by atoms with Crippen LogP contribution in [0, 0.1) is 0 Å². The zero-order valence-electron chi connectivity index (χ0n) is 15.8. The first-order valence-electron chi connectivity index (χ1n) is 8.33. The van der Waals surface area contributed by atoms with Crippen LogP contribution < -0.4 is 14.8 Å². The van der Waals surface area contributed by atoms with Crippen molar-refractivity contribution >= 4 is 28.8 Å². The van der Waals surface area contributed by atoms with E-state index in [0.717, 1.165) is 11.8 Å². The normalized spacial score (nSPS) is 11.2. The van der Waals surface area contributed by atoms with E-state index in [1.807, 2.05) is 0 Å². The first-order valence-corrected chi connectivity index (χ1v) is 9.32. The highest BCUT2D eigenvalue weighted by molar-refractivity contribution is 8.14. The summed E-state index contributed by atoms with van der Waals surface area (Å²) in [5.41, 5.74) is 0.662. The molecule has 0 spiro atoms. The van der Waals surface area contributed by atoms with Gasteiger partial charge in [0.2, 0.25) is 5.12 Å². The number of methoxy groups -OCH3 is 3. The smallest absolute Gasteiger partial charge is 0.329 e. The highest BCUT2D eigenvalue weighted by Crippen LogP contribution is 2.23. The van der Waals surface area contributed by atoms with E-state index < -0.39 is 17.9 Å². The molecule has 7 nitrogen and oxygen atoms in total. The molecule has 0 aromatic heterocycles. The summed E-state index contributed by atoms with van der Waals surface area (Å²) >= 11 is 0.892. The lowest BCUT2D eigenvalue weighted by molar-refractivity contribution is -0.142. The molecule has 2 aromatic rings. The summed E-state index contributed by atoms with van der Waals surface area (Å²) in [7, 11) is 4.14. The number of para-hydroxylation sites is 2. The minimum Gasteiger partial charge on any atom is -0.496 e. The molecular weight excluding hydrogens is 382 g/mol. The summed E-state index contributed by atoms with van der Waals surface area (Å²) in [5, 5.41) is 2.32. The molecule has 2 rings (SSSR count). The number of ether oxygens (including phenoxy) is 3. The van der Waals surface area contributed by atoms with Crippen molar-refractivity contribution in [3.05, 3.63) is 59.7 Å². The molecule has 0 saturated carbocycles. The maximum atomic E-state index is 12.6. The Hall–Kier alpha value is -3.00. The van der Waals surface area contributed by atoms with E-state index in [4.69, 9.17) is 14.2 Å². The minimum absolute atomic E-state index is 0.00441. The number of benzene rings is 2. The van der Waals surface area contributed by atoms with Crippen molar-refractivity contribution in [2.45, 2.75) is 6.04 Å². The number of hydrogen-bond donors (Lipinski definition) is 1. The van der Waals surface area contributed by atoms with Crippen LogP contribution in [0.2, 0.25) is 0 Å². The molecule has 1 unspecified atom stereocenters. The number of nitrogens with one attached hydrogen (secondary N) is 1. The minimum atomic E-state index is -1.01. The SMILES string of the molecule is COC(=O)C(CSC(=O)c1ccccc1OC)NC(=O)c1ccccc1OC. The highest BCUT2D eigenvalue weighted by atomic mass is 32.2. The number of hydrogen-bond acceptors (Lipinski definition) is 7. The average molecular weight is 403 g/mol. The van der Waals surface area contributed by atoms with E-state index in [-0.39, 0.29) is 16.4 Å². The van der Waals surface area contributed by atoms with Gasteiger partial charge in [0.25, 0.3) is 5.91 Å². The van der Waals surface area contributed by atoms with Gasteiger partial charge in [-0.1, -0.05) is 36.0 Å². The van der Waals surface area contributed by atoms with E-state index in [1.165, 1.54) is 21.3 Å². The quantitative estimate of drug-likeness (QED) is 0.677. The number of rotatable bonds is 8. The molecule has 8 heteroatoms. The maximum Gasteiger partial charge on any atom is 0.329 e. The van der Waals surface area contributed by atoms with Crippen LogP contribution in [0.15, 0.2) is 48.5 Å². The van der Waals surface area contributed by atoms with Crippen LogP contribution in [0.3, 0.4) is 0 Å². The fourth-order valence-electron chi connectivity index (χ4n) is 2.43. The van der Waals surface area contributed by atoms with Gasteiger partial charge in [-0.15, -0.1) is 0 Å². The van der Waals surface area contributed by atoms with Crippen LogP contribution in [-0.4, -0.2) is 50.1 Å². The predicted molar refractivity (Wildman–Crippen MR) is 106 cm³/mol. The van der Waals surface area contributed by atoms with Gasteiger partial charge in [-0.3, -0.25) is 9.59 Å². The molecule has 0 fully saturated rings. The fraction of sp³-hybridized carbons (Fsp3) is 0.250. The monoisotopic (exact) mass is 403 g/mol. The average Bonchev–Trinajstić information content (AvgIpc) is 2.75. The van der Waals surface area contributed by atoms with Crippen LogP contribution in [0.25, 0.3) is 0 Å². The van der Waals surface area contributed by atoms with Gasteiger partial charge in [-0.05, 0) is 24.3 Å². The zero-order valence-corrected chi connectivity index (χ0v) is 16.6. The molecule has 0 aliphatic heterocycles. The molecule has 0 saturated heterocycles. The Morgan fingerprint density at radius 1 is 0.893 bits per heavy atom. The molecule has 1 atom stereocenters. The summed E-state index contributed by atoms with van der Waals surface area (Å²) < 4.78 is 15.1. The van der Waals surface area contributed by atoms with E-state index in [0.29, 0.717) is 17.1 Å². The number of amides is 1. The number of esters is 1. The topological polar surface area (TPSA) is 90.9 Å². The van der Waals surface area contributed by atoms with Gasteiger partial charge in [0.05, 0.1) is 32.5 Å². The molecule has 28 heavy (non-hydrogen) atoms. The molecule has 1 N–H and O–H groups in total. The van der Waals surface area contributed by atoms with Gasteiger partial charge in [0, 0.05) is 5.75 Å². The molecular formula is C20H21NO6S. The van der Waals surface area contributed by atoms with Crippen molar-refractivity contribution in [3.63, 3.8) is 0 Å². The van der Waals surface area contributed by atoms with Crippen LogP contribution in [0.4, 0.5) is 0 Å². The second kappa shape index (κ2) is 10.4. The highest BCUT2D eigenvalue weighted by Gasteiger charge is 2.25. The Balaban J connectivity index is 2.11. The standard InChI is InChI=1S/C20H21NO6S/c1-25-16-10-6-4-8-13(16)18(22)21-15(19(23)27-3)12-28-20(24)14-9-5-7-11-17(14)26-2/h4-11,15H,12H2,1-3H3,(H,21,22). The van der Waals surface area contributed by atoms with Crippen molar-refractivity contribution in [3.8, 4) is 11.5 Å². The second-order valence-corrected chi connectivity index (χ2v) is 6.54. The van der Waals surface area contributed by atoms with Gasteiger partial charge in [-0.25, -0.2) is 4.79 Å². The van der Waals surface area contributed by atoms with Crippen LogP contribution in [0.1, 0.15) is 20.7 Å². The summed E-state index contributed by atoms with van der Waals surface area (Å²) in [5.74, 6) is -0.333. The third-order valence-corrected chi connectivity index (χ3v) is 4.83. The Labute approximate surface area is 167 Å². The van der Waals surface area contributed by atoms with Crippen molar-refractivity contribution in [2.24, 2.45) is 0 Å². The number of carbonyl (C=O) groups is 3. The first-order chi connectivity index (χ1) is 13.5. The van der Waals surface area contributed by atoms with Crippen molar-refractivity contribution in [1.82, 2.24) is 5.32 Å². The molecule has 2 aromatic carbocycles. The Morgan fingerprint density at radius 2 is 1.43 bits per heavy atom. The van der Waals surface area contributed by atoms with Gasteiger partial charge >= 0.3 is 5.97 Å². The van der Waals surface area contributed by atoms with E-state index in [9.17, 15) is 14.4 Å². The molecule has 0 heterocycles. The number of carbonyl (C=O) groups excluding carboxylic acids is 3. The van der Waals surface area contributed by atoms with Crippen molar-refractivity contribution in [2.75, 3.05) is 27.1 Å². The third kappa shape index (κ3) is 5.26. The summed E-state index contributed by atoms with van der Waals surface area (Å²) in [6.45, 7) is 0. The third-order valence-electron chi connectivity index (χ3n) is 3.85. The lowest BCUT2D eigenvalue weighted by Crippen LogP contribution is -2.43. The van der Waals surface area contributed by atoms with Gasteiger partial charge in [0.15, 0.2) is 0 Å². The molecule has 0 bridgehead atoms. The molecule has 0 radical (unpaired) electrons. The Kier molecular flexibility index (Phi) is 7.88. The van der Waals surface area contributed by atoms with Crippen molar-refractivity contribution in [1.29, 1.82) is 0 Å². The summed E-state index contributed by atoms with van der Waals surface area (Å²) in [6.07, 6.45) is 0. The largest absolute Gasteiger partial charge is 0.496 e. The van der Waals surface area contributed by atoms with Crippen LogP contribution >= 0.6 is 11.8 Å². The molecule has 1 amide bonds. The van der Waals surface area contributed by atoms with E-state index in [1.54, 1.807) is 48.5 Å². The summed E-state index contributed by atoms with van der Waals surface area (Å²) in [6, 6.07) is 12.4. The lowest BCUT2D eigenvalue weighted by Gasteiger charge is -2.17. The fourth-order valence-corrected chi connectivity index (χ4v) is 3.29. The maximum absolute atomic E-state index is 12.6. The Bertz CT molecular complexity index is 854. The van der Waals surface area contributed by atoms with Crippen LogP contribution in [-0.2, 0) is 9.53 Å². The summed E-state index contributed by atoms with van der Waals surface area (Å²) in [4.78, 5) is 37.1. The molecule has 148 valence electrons. The molecule has 0 aliphatic rings.